The SMILES string of the molecule is CC(C)COC(=O)Nc1cccc(NC(=O)CCn2cnc3sc4c(c3c2=O)CCCC4)c1. The van der Waals surface area contributed by atoms with E-state index in [-0.39, 0.29) is 30.3 Å². The lowest BCUT2D eigenvalue weighted by molar-refractivity contribution is -0.116. The van der Waals surface area contributed by atoms with Gasteiger partial charge < -0.3 is 10.1 Å². The van der Waals surface area contributed by atoms with E-state index in [9.17, 15) is 14.4 Å². The summed E-state index contributed by atoms with van der Waals surface area (Å²) in [5, 5.41) is 6.19. The average molecular weight is 469 g/mol. The van der Waals surface area contributed by atoms with Crippen molar-refractivity contribution >= 4 is 44.9 Å². The highest BCUT2D eigenvalue weighted by molar-refractivity contribution is 7.18. The molecule has 2 heterocycles. The first kappa shape index (κ1) is 23.0. The Morgan fingerprint density at radius 1 is 1.18 bits per heavy atom. The minimum Gasteiger partial charge on any atom is -0.449 e. The Labute approximate surface area is 196 Å². The molecule has 1 aromatic carbocycles. The highest BCUT2D eigenvalue weighted by atomic mass is 32.1. The number of ether oxygens (including phenoxy) is 1. The normalized spacial score (nSPS) is 13.1. The van der Waals surface area contributed by atoms with Gasteiger partial charge >= 0.3 is 6.09 Å². The molecule has 0 radical (unpaired) electrons. The molecule has 0 atom stereocenters. The van der Waals surface area contributed by atoms with Crippen molar-refractivity contribution in [3.05, 3.63) is 51.4 Å². The van der Waals surface area contributed by atoms with Crippen LogP contribution >= 0.6 is 11.3 Å². The van der Waals surface area contributed by atoms with Gasteiger partial charge in [0.05, 0.1) is 18.3 Å². The van der Waals surface area contributed by atoms with Gasteiger partial charge in [0, 0.05) is 29.2 Å². The number of hydrogen-bond acceptors (Lipinski definition) is 6. The quantitative estimate of drug-likeness (QED) is 0.529. The molecule has 2 N–H and O–H groups in total. The maximum Gasteiger partial charge on any atom is 0.411 e. The van der Waals surface area contributed by atoms with Gasteiger partial charge in [-0.05, 0) is 55.4 Å². The second kappa shape index (κ2) is 10.2. The molecule has 8 nitrogen and oxygen atoms in total. The molecule has 0 unspecified atom stereocenters. The van der Waals surface area contributed by atoms with Crippen LogP contribution in [0.15, 0.2) is 35.4 Å². The maximum atomic E-state index is 13.0. The second-order valence-corrected chi connectivity index (χ2v) is 9.71. The zero-order chi connectivity index (χ0) is 23.4. The lowest BCUT2D eigenvalue weighted by Crippen LogP contribution is -2.24. The number of hydrogen-bond donors (Lipinski definition) is 2. The van der Waals surface area contributed by atoms with E-state index in [1.165, 1.54) is 15.8 Å². The lowest BCUT2D eigenvalue weighted by atomic mass is 9.97. The molecular weight excluding hydrogens is 440 g/mol. The number of carbonyl (C=O) groups excluding carboxylic acids is 2. The Morgan fingerprint density at radius 2 is 1.94 bits per heavy atom. The number of carbonyl (C=O) groups is 2. The van der Waals surface area contributed by atoms with E-state index < -0.39 is 6.09 Å². The summed E-state index contributed by atoms with van der Waals surface area (Å²) in [4.78, 5) is 43.9. The summed E-state index contributed by atoms with van der Waals surface area (Å²) in [6.45, 7) is 4.49. The van der Waals surface area contributed by atoms with Gasteiger partial charge in [-0.1, -0.05) is 19.9 Å². The van der Waals surface area contributed by atoms with Gasteiger partial charge in [0.1, 0.15) is 4.83 Å². The van der Waals surface area contributed by atoms with Crippen LogP contribution in [0.5, 0.6) is 0 Å². The van der Waals surface area contributed by atoms with Gasteiger partial charge in [0.2, 0.25) is 5.91 Å². The molecule has 0 bridgehead atoms. The third-order valence-corrected chi connectivity index (χ3v) is 6.66. The number of nitrogens with zero attached hydrogens (tertiary/aromatic N) is 2. The van der Waals surface area contributed by atoms with Crippen LogP contribution < -0.4 is 16.2 Å². The van der Waals surface area contributed by atoms with E-state index in [2.05, 4.69) is 15.6 Å². The van der Waals surface area contributed by atoms with Crippen LogP contribution in [0.3, 0.4) is 0 Å². The van der Waals surface area contributed by atoms with Gasteiger partial charge in [-0.3, -0.25) is 19.5 Å². The number of aromatic nitrogens is 2. The van der Waals surface area contributed by atoms with Gasteiger partial charge in [-0.25, -0.2) is 9.78 Å². The number of anilines is 2. The number of nitrogens with one attached hydrogen (secondary N) is 2. The van der Waals surface area contributed by atoms with Crippen LogP contribution in [0.4, 0.5) is 16.2 Å². The van der Waals surface area contributed by atoms with Crippen molar-refractivity contribution in [2.24, 2.45) is 5.92 Å². The number of rotatable bonds is 7. The molecule has 0 aliphatic heterocycles. The zero-order valence-electron chi connectivity index (χ0n) is 18.8. The van der Waals surface area contributed by atoms with E-state index >= 15 is 0 Å². The van der Waals surface area contributed by atoms with E-state index in [4.69, 9.17) is 4.74 Å². The first-order valence-electron chi connectivity index (χ1n) is 11.2. The molecule has 4 rings (SSSR count). The third-order valence-electron chi connectivity index (χ3n) is 5.46. The summed E-state index contributed by atoms with van der Waals surface area (Å²) < 4.78 is 6.63. The van der Waals surface area contributed by atoms with Crippen LogP contribution in [0.25, 0.3) is 10.2 Å². The van der Waals surface area contributed by atoms with Crippen LogP contribution in [-0.2, 0) is 28.9 Å². The summed E-state index contributed by atoms with van der Waals surface area (Å²) in [6, 6.07) is 6.84. The molecule has 1 aliphatic rings. The molecule has 174 valence electrons. The van der Waals surface area contributed by atoms with Crippen molar-refractivity contribution in [2.75, 3.05) is 17.2 Å². The molecule has 0 saturated heterocycles. The Kier molecular flexibility index (Phi) is 7.08. The molecule has 33 heavy (non-hydrogen) atoms. The Bertz CT molecular complexity index is 1230. The Hall–Kier alpha value is -3.20. The lowest BCUT2D eigenvalue weighted by Gasteiger charge is -2.11. The number of aryl methyl sites for hydroxylation is 3. The van der Waals surface area contributed by atoms with Crippen LogP contribution in [-0.4, -0.2) is 28.2 Å². The van der Waals surface area contributed by atoms with E-state index in [1.54, 1.807) is 35.6 Å². The average Bonchev–Trinajstić information content (AvgIpc) is 3.17. The van der Waals surface area contributed by atoms with E-state index in [1.807, 2.05) is 13.8 Å². The minimum atomic E-state index is -0.537. The van der Waals surface area contributed by atoms with Gasteiger partial charge in [0.15, 0.2) is 0 Å². The fourth-order valence-electron chi connectivity index (χ4n) is 3.86. The largest absolute Gasteiger partial charge is 0.449 e. The van der Waals surface area contributed by atoms with Crippen molar-refractivity contribution in [1.29, 1.82) is 0 Å². The summed E-state index contributed by atoms with van der Waals surface area (Å²) in [7, 11) is 0. The highest BCUT2D eigenvalue weighted by Crippen LogP contribution is 2.33. The molecule has 2 amide bonds. The molecule has 1 aliphatic carbocycles. The fraction of sp³-hybridized carbons (Fsp3) is 0.417. The molecule has 3 aromatic rings. The minimum absolute atomic E-state index is 0.0710. The molecule has 0 spiro atoms. The van der Waals surface area contributed by atoms with Crippen LogP contribution in [0, 0.1) is 5.92 Å². The Balaban J connectivity index is 1.37. The fourth-order valence-corrected chi connectivity index (χ4v) is 5.08. The van der Waals surface area contributed by atoms with Crippen molar-refractivity contribution in [1.82, 2.24) is 9.55 Å². The van der Waals surface area contributed by atoms with Crippen LogP contribution in [0.2, 0.25) is 0 Å². The van der Waals surface area contributed by atoms with Crippen molar-refractivity contribution in [2.45, 2.75) is 52.5 Å². The molecule has 0 fully saturated rings. The maximum absolute atomic E-state index is 13.0. The highest BCUT2D eigenvalue weighted by Gasteiger charge is 2.20. The predicted molar refractivity (Wildman–Crippen MR) is 130 cm³/mol. The summed E-state index contributed by atoms with van der Waals surface area (Å²) in [5.74, 6) is 0.0174. The van der Waals surface area contributed by atoms with Crippen molar-refractivity contribution < 1.29 is 14.3 Å². The van der Waals surface area contributed by atoms with E-state index in [0.717, 1.165) is 41.5 Å². The van der Waals surface area contributed by atoms with Crippen molar-refractivity contribution in [3.63, 3.8) is 0 Å². The number of amides is 2. The van der Waals surface area contributed by atoms with Crippen LogP contribution in [0.1, 0.15) is 43.6 Å². The Morgan fingerprint density at radius 3 is 2.73 bits per heavy atom. The summed E-state index contributed by atoms with van der Waals surface area (Å²) in [5.41, 5.74) is 2.15. The van der Waals surface area contributed by atoms with Gasteiger partial charge in [-0.15, -0.1) is 11.3 Å². The molecular formula is C24H28N4O4S. The van der Waals surface area contributed by atoms with Gasteiger partial charge in [0.25, 0.3) is 5.56 Å². The first-order chi connectivity index (χ1) is 15.9. The molecule has 2 aromatic heterocycles. The number of thiophene rings is 1. The zero-order valence-corrected chi connectivity index (χ0v) is 19.7. The van der Waals surface area contributed by atoms with Gasteiger partial charge in [-0.2, -0.15) is 0 Å². The monoisotopic (exact) mass is 468 g/mol. The first-order valence-corrected chi connectivity index (χ1v) is 12.1. The number of benzene rings is 1. The van der Waals surface area contributed by atoms with Crippen molar-refractivity contribution in [3.8, 4) is 0 Å². The second-order valence-electron chi connectivity index (χ2n) is 8.63. The van der Waals surface area contributed by atoms with E-state index in [0.29, 0.717) is 18.0 Å². The molecule has 9 heteroatoms. The number of fused-ring (bicyclic) bond motifs is 3. The smallest absolute Gasteiger partial charge is 0.411 e. The summed E-state index contributed by atoms with van der Waals surface area (Å²) >= 11 is 1.62. The third kappa shape index (κ3) is 5.60. The topological polar surface area (TPSA) is 102 Å². The standard InChI is InChI=1S/C24H28N4O4S/c1-15(2)13-32-24(31)27-17-7-5-6-16(12-17)26-20(29)10-11-28-14-25-22-21(23(28)30)18-8-3-4-9-19(18)33-22/h5-7,12,14-15H,3-4,8-11,13H2,1-2H3,(H,26,29)(H,27,31). The molecule has 0 saturated carbocycles. The summed E-state index contributed by atoms with van der Waals surface area (Å²) in [6.07, 6.45) is 5.32. The predicted octanol–water partition coefficient (Wildman–Crippen LogP) is 4.57.